The van der Waals surface area contributed by atoms with Crippen molar-refractivity contribution >= 4 is 0 Å². The van der Waals surface area contributed by atoms with Gasteiger partial charge in [-0.05, 0) is 39.5 Å². The quantitative estimate of drug-likeness (QED) is 0.701. The summed E-state index contributed by atoms with van der Waals surface area (Å²) < 4.78 is 10.8. The summed E-state index contributed by atoms with van der Waals surface area (Å²) in [5.74, 6) is 0.435. The van der Waals surface area contributed by atoms with Gasteiger partial charge < -0.3 is 9.47 Å². The van der Waals surface area contributed by atoms with Crippen molar-refractivity contribution in [2.24, 2.45) is 5.92 Å². The lowest BCUT2D eigenvalue weighted by atomic mass is 9.95. The maximum atomic E-state index is 9.45. The normalized spacial score (nSPS) is 20.9. The smallest absolute Gasteiger partial charge is 0.133 e. The minimum absolute atomic E-state index is 0.0282. The summed E-state index contributed by atoms with van der Waals surface area (Å²) in [5, 5.41) is 12.8. The van der Waals surface area contributed by atoms with Crippen molar-refractivity contribution < 1.29 is 9.47 Å². The molecule has 2 unspecified atom stereocenters. The van der Waals surface area contributed by atoms with Crippen molar-refractivity contribution in [1.29, 1.82) is 5.26 Å². The number of rotatable bonds is 8. The zero-order chi connectivity index (χ0) is 12.9. The summed E-state index contributed by atoms with van der Waals surface area (Å²) in [4.78, 5) is 0. The first kappa shape index (κ1) is 14.4. The fourth-order valence-corrected chi connectivity index (χ4v) is 2.08. The lowest BCUT2D eigenvalue weighted by molar-refractivity contribution is -0.0152. The molecule has 0 heterocycles. The van der Waals surface area contributed by atoms with E-state index in [1.165, 1.54) is 0 Å². The molecule has 0 aromatic carbocycles. The van der Waals surface area contributed by atoms with Gasteiger partial charge in [0.15, 0.2) is 0 Å². The molecule has 98 valence electrons. The van der Waals surface area contributed by atoms with Crippen LogP contribution < -0.4 is 5.32 Å². The molecule has 1 rings (SSSR count). The molecule has 1 fully saturated rings. The van der Waals surface area contributed by atoms with E-state index in [0.29, 0.717) is 19.1 Å². The van der Waals surface area contributed by atoms with Crippen molar-refractivity contribution in [2.75, 3.05) is 20.3 Å². The highest BCUT2D eigenvalue weighted by atomic mass is 16.5. The number of nitrogens with one attached hydrogen (secondary N) is 1. The second-order valence-corrected chi connectivity index (χ2v) is 5.23. The Kier molecular flexibility index (Phi) is 5.38. The van der Waals surface area contributed by atoms with E-state index in [4.69, 9.17) is 9.47 Å². The predicted octanol–water partition coefficient (Wildman–Crippen LogP) is 1.71. The predicted molar refractivity (Wildman–Crippen MR) is 66.6 cm³/mol. The van der Waals surface area contributed by atoms with Gasteiger partial charge in [0.2, 0.25) is 0 Å². The third-order valence-electron chi connectivity index (χ3n) is 3.02. The second-order valence-electron chi connectivity index (χ2n) is 5.23. The topological polar surface area (TPSA) is 54.3 Å². The third kappa shape index (κ3) is 4.27. The van der Waals surface area contributed by atoms with Gasteiger partial charge in [0, 0.05) is 13.2 Å². The van der Waals surface area contributed by atoms with Crippen molar-refractivity contribution in [2.45, 2.75) is 51.3 Å². The first-order chi connectivity index (χ1) is 8.04. The largest absolute Gasteiger partial charge is 0.382 e. The summed E-state index contributed by atoms with van der Waals surface area (Å²) in [6, 6.07) is 2.72. The molecule has 1 saturated carbocycles. The Hall–Kier alpha value is -0.630. The van der Waals surface area contributed by atoms with Crippen LogP contribution in [0, 0.1) is 17.2 Å². The van der Waals surface area contributed by atoms with Crippen molar-refractivity contribution in [1.82, 2.24) is 5.32 Å². The van der Waals surface area contributed by atoms with E-state index < -0.39 is 5.54 Å². The summed E-state index contributed by atoms with van der Waals surface area (Å²) in [6.45, 7) is 7.10. The van der Waals surface area contributed by atoms with Gasteiger partial charge in [0.1, 0.15) is 5.54 Å². The Labute approximate surface area is 104 Å². The highest BCUT2D eigenvalue weighted by Gasteiger charge is 2.46. The molecule has 0 saturated heterocycles. The van der Waals surface area contributed by atoms with E-state index in [2.05, 4.69) is 25.2 Å². The van der Waals surface area contributed by atoms with E-state index in [9.17, 15) is 5.26 Å². The molecular weight excluding hydrogens is 216 g/mol. The lowest BCUT2D eigenvalue weighted by Gasteiger charge is -2.31. The van der Waals surface area contributed by atoms with Gasteiger partial charge in [0.05, 0.1) is 25.4 Å². The average molecular weight is 240 g/mol. The highest BCUT2D eigenvalue weighted by Crippen LogP contribution is 2.40. The molecule has 1 N–H and O–H groups in total. The maximum Gasteiger partial charge on any atom is 0.133 e. The van der Waals surface area contributed by atoms with Gasteiger partial charge >= 0.3 is 0 Å². The molecule has 0 bridgehead atoms. The van der Waals surface area contributed by atoms with Crippen LogP contribution in [0.1, 0.15) is 33.6 Å². The Morgan fingerprint density at radius 3 is 2.47 bits per heavy atom. The molecular formula is C13H24N2O2. The number of methoxy groups -OCH3 is 1. The Bertz CT molecular complexity index is 271. The fourth-order valence-electron chi connectivity index (χ4n) is 2.08. The first-order valence-electron chi connectivity index (χ1n) is 6.33. The van der Waals surface area contributed by atoms with Gasteiger partial charge in [-0.2, -0.15) is 5.26 Å². The van der Waals surface area contributed by atoms with E-state index >= 15 is 0 Å². The summed E-state index contributed by atoms with van der Waals surface area (Å²) in [7, 11) is 1.66. The highest BCUT2D eigenvalue weighted by molar-refractivity contribution is 5.16. The molecule has 1 aliphatic carbocycles. The van der Waals surface area contributed by atoms with E-state index in [1.807, 2.05) is 6.92 Å². The molecule has 0 amide bonds. The monoisotopic (exact) mass is 240 g/mol. The number of ether oxygens (including phenoxy) is 2. The minimum atomic E-state index is -0.518. The minimum Gasteiger partial charge on any atom is -0.382 e. The van der Waals surface area contributed by atoms with Gasteiger partial charge in [-0.3, -0.25) is 5.32 Å². The molecule has 0 aliphatic heterocycles. The molecule has 4 heteroatoms. The van der Waals surface area contributed by atoms with Crippen LogP contribution in [-0.4, -0.2) is 38.0 Å². The van der Waals surface area contributed by atoms with Crippen molar-refractivity contribution in [3.05, 3.63) is 0 Å². The zero-order valence-electron chi connectivity index (χ0n) is 11.3. The summed E-state index contributed by atoms with van der Waals surface area (Å²) in [6.07, 6.45) is 2.27. The van der Waals surface area contributed by atoms with Crippen LogP contribution in [0.3, 0.4) is 0 Å². The number of nitrogens with zero attached hydrogens (tertiary/aromatic N) is 1. The van der Waals surface area contributed by atoms with Crippen LogP contribution >= 0.6 is 0 Å². The van der Waals surface area contributed by atoms with Crippen LogP contribution in [0.4, 0.5) is 0 Å². The molecule has 4 nitrogen and oxygen atoms in total. The van der Waals surface area contributed by atoms with Gasteiger partial charge in [-0.25, -0.2) is 0 Å². The van der Waals surface area contributed by atoms with E-state index in [-0.39, 0.29) is 12.1 Å². The van der Waals surface area contributed by atoms with Crippen LogP contribution in [-0.2, 0) is 9.47 Å². The fraction of sp³-hybridized carbons (Fsp3) is 0.923. The molecule has 0 radical (unpaired) electrons. The average Bonchev–Trinajstić information content (AvgIpc) is 3.08. The van der Waals surface area contributed by atoms with Crippen LogP contribution in [0.2, 0.25) is 0 Å². The molecule has 0 aromatic heterocycles. The zero-order valence-corrected chi connectivity index (χ0v) is 11.3. The van der Waals surface area contributed by atoms with E-state index in [1.54, 1.807) is 7.11 Å². The summed E-state index contributed by atoms with van der Waals surface area (Å²) in [5.41, 5.74) is -0.518. The van der Waals surface area contributed by atoms with Gasteiger partial charge in [0.25, 0.3) is 0 Å². The molecule has 1 aliphatic rings. The Morgan fingerprint density at radius 1 is 1.41 bits per heavy atom. The standard InChI is InChI=1S/C13H24N2O2/c1-10(2)15-13(8-14,12-5-6-12)9-17-11(3)7-16-4/h10-12,15H,5-7,9H2,1-4H3. The number of hydrogen-bond donors (Lipinski definition) is 1. The maximum absolute atomic E-state index is 9.45. The van der Waals surface area contributed by atoms with Crippen LogP contribution in [0.25, 0.3) is 0 Å². The Morgan fingerprint density at radius 2 is 2.06 bits per heavy atom. The van der Waals surface area contributed by atoms with Crippen LogP contribution in [0.15, 0.2) is 0 Å². The summed E-state index contributed by atoms with van der Waals surface area (Å²) >= 11 is 0. The number of hydrogen-bond acceptors (Lipinski definition) is 4. The van der Waals surface area contributed by atoms with Crippen molar-refractivity contribution in [3.63, 3.8) is 0 Å². The molecule has 2 atom stereocenters. The SMILES string of the molecule is COCC(C)OCC(C#N)(NC(C)C)C1CC1. The number of nitriles is 1. The molecule has 0 spiro atoms. The third-order valence-corrected chi connectivity index (χ3v) is 3.02. The van der Waals surface area contributed by atoms with E-state index in [0.717, 1.165) is 12.8 Å². The van der Waals surface area contributed by atoms with Gasteiger partial charge in [-0.1, -0.05) is 0 Å². The lowest BCUT2D eigenvalue weighted by Crippen LogP contribution is -2.53. The molecule has 0 aromatic rings. The molecule has 17 heavy (non-hydrogen) atoms. The first-order valence-corrected chi connectivity index (χ1v) is 6.33. The van der Waals surface area contributed by atoms with Gasteiger partial charge in [-0.15, -0.1) is 0 Å². The second kappa shape index (κ2) is 6.34. The van der Waals surface area contributed by atoms with Crippen LogP contribution in [0.5, 0.6) is 0 Å². The Balaban J connectivity index is 2.54. The van der Waals surface area contributed by atoms with Crippen molar-refractivity contribution in [3.8, 4) is 6.07 Å².